The second kappa shape index (κ2) is 5.35. The van der Waals surface area contributed by atoms with Crippen LogP contribution in [-0.4, -0.2) is 37.5 Å². The highest BCUT2D eigenvalue weighted by Gasteiger charge is 2.32. The average Bonchev–Trinajstić information content (AvgIpc) is 2.31. The number of hydrogen-bond donors (Lipinski definition) is 2. The Morgan fingerprint density at radius 3 is 2.40 bits per heavy atom. The molecule has 1 aliphatic rings. The summed E-state index contributed by atoms with van der Waals surface area (Å²) >= 11 is 0. The highest BCUT2D eigenvalue weighted by Crippen LogP contribution is 2.30. The number of benzene rings is 1. The van der Waals surface area contributed by atoms with Gasteiger partial charge in [0.15, 0.2) is 0 Å². The number of aryl methyl sites for hydroxylation is 2. The highest BCUT2D eigenvalue weighted by molar-refractivity contribution is 7.89. The van der Waals surface area contributed by atoms with Crippen molar-refractivity contribution in [3.05, 3.63) is 23.3 Å². The Morgan fingerprint density at radius 1 is 1.30 bits per heavy atom. The van der Waals surface area contributed by atoms with E-state index in [0.717, 1.165) is 11.1 Å². The van der Waals surface area contributed by atoms with E-state index < -0.39 is 10.0 Å². The molecular weight excluding hydrogens is 276 g/mol. The first-order valence-corrected chi connectivity index (χ1v) is 8.17. The van der Waals surface area contributed by atoms with Gasteiger partial charge in [0.05, 0.1) is 11.8 Å². The molecule has 6 heteroatoms. The number of nitrogens with zero attached hydrogens (tertiary/aromatic N) is 1. The van der Waals surface area contributed by atoms with E-state index in [9.17, 15) is 13.5 Å². The fraction of sp³-hybridized carbons (Fsp3) is 0.571. The largest absolute Gasteiger partial charge is 0.398 e. The molecule has 1 aromatic rings. The molecule has 0 unspecified atom stereocenters. The Morgan fingerprint density at radius 2 is 1.85 bits per heavy atom. The highest BCUT2D eigenvalue weighted by atomic mass is 32.2. The van der Waals surface area contributed by atoms with Crippen LogP contribution in [0.1, 0.15) is 24.0 Å². The van der Waals surface area contributed by atoms with Crippen LogP contribution in [0, 0.1) is 19.8 Å². The molecule has 112 valence electrons. The van der Waals surface area contributed by atoms with Gasteiger partial charge in [0.25, 0.3) is 0 Å². The van der Waals surface area contributed by atoms with Crippen LogP contribution in [0.2, 0.25) is 0 Å². The molecule has 5 nitrogen and oxygen atoms in total. The summed E-state index contributed by atoms with van der Waals surface area (Å²) in [6.45, 7) is 4.20. The molecule has 20 heavy (non-hydrogen) atoms. The van der Waals surface area contributed by atoms with E-state index in [2.05, 4.69) is 0 Å². The third kappa shape index (κ3) is 2.82. The van der Waals surface area contributed by atoms with E-state index in [-0.39, 0.29) is 22.6 Å². The predicted molar refractivity (Wildman–Crippen MR) is 78.9 cm³/mol. The average molecular weight is 298 g/mol. The van der Waals surface area contributed by atoms with E-state index in [4.69, 9.17) is 5.73 Å². The minimum absolute atomic E-state index is 0.169. The maximum Gasteiger partial charge on any atom is 0.244 e. The number of nitrogens with two attached hydrogens (primary N) is 1. The van der Waals surface area contributed by atoms with Gasteiger partial charge in [-0.05, 0) is 55.9 Å². The van der Waals surface area contributed by atoms with Gasteiger partial charge in [0.2, 0.25) is 10.0 Å². The summed E-state index contributed by atoms with van der Waals surface area (Å²) in [4.78, 5) is 0.169. The lowest BCUT2D eigenvalue weighted by Gasteiger charge is -2.34. The number of sulfonamides is 1. The SMILES string of the molecule is Cc1cc(N)c(S(=O)(=O)N(C)CC2CC(O)C2)cc1C. The second-order valence-electron chi connectivity index (χ2n) is 5.75. The van der Waals surface area contributed by atoms with Crippen LogP contribution in [0.25, 0.3) is 0 Å². The molecule has 0 radical (unpaired) electrons. The van der Waals surface area contributed by atoms with E-state index in [1.54, 1.807) is 19.2 Å². The van der Waals surface area contributed by atoms with E-state index >= 15 is 0 Å². The summed E-state index contributed by atoms with van der Waals surface area (Å²) in [5.74, 6) is 0.234. The van der Waals surface area contributed by atoms with E-state index in [1.807, 2.05) is 13.8 Å². The van der Waals surface area contributed by atoms with Crippen LogP contribution < -0.4 is 5.73 Å². The Kier molecular flexibility index (Phi) is 4.09. The first kappa shape index (κ1) is 15.3. The molecule has 0 bridgehead atoms. The fourth-order valence-electron chi connectivity index (χ4n) is 2.51. The van der Waals surface area contributed by atoms with E-state index in [1.165, 1.54) is 4.31 Å². The molecule has 0 amide bonds. The van der Waals surface area contributed by atoms with Gasteiger partial charge in [-0.2, -0.15) is 0 Å². The van der Waals surface area contributed by atoms with Crippen LogP contribution >= 0.6 is 0 Å². The van der Waals surface area contributed by atoms with Crippen LogP contribution in [0.3, 0.4) is 0 Å². The maximum absolute atomic E-state index is 12.6. The maximum atomic E-state index is 12.6. The van der Waals surface area contributed by atoms with Gasteiger partial charge < -0.3 is 10.8 Å². The lowest BCUT2D eigenvalue weighted by Crippen LogP contribution is -2.39. The zero-order chi connectivity index (χ0) is 15.1. The number of nitrogen functional groups attached to an aromatic ring is 1. The van der Waals surface area contributed by atoms with Crippen molar-refractivity contribution in [1.29, 1.82) is 0 Å². The topological polar surface area (TPSA) is 83.6 Å². The molecule has 1 saturated carbocycles. The molecule has 0 saturated heterocycles. The summed E-state index contributed by atoms with van der Waals surface area (Å²) in [6, 6.07) is 3.33. The van der Waals surface area contributed by atoms with Gasteiger partial charge in [0, 0.05) is 13.6 Å². The number of aliphatic hydroxyl groups is 1. The zero-order valence-corrected chi connectivity index (χ0v) is 12.9. The summed E-state index contributed by atoms with van der Waals surface area (Å²) < 4.78 is 26.5. The van der Waals surface area contributed by atoms with Gasteiger partial charge >= 0.3 is 0 Å². The van der Waals surface area contributed by atoms with E-state index in [0.29, 0.717) is 19.4 Å². The Bertz CT molecular complexity index is 607. The van der Waals surface area contributed by atoms with Crippen molar-refractivity contribution >= 4 is 15.7 Å². The molecule has 2 rings (SSSR count). The number of hydrogen-bond acceptors (Lipinski definition) is 4. The number of aliphatic hydroxyl groups excluding tert-OH is 1. The first-order valence-electron chi connectivity index (χ1n) is 6.73. The molecule has 3 N–H and O–H groups in total. The monoisotopic (exact) mass is 298 g/mol. The minimum Gasteiger partial charge on any atom is -0.398 e. The summed E-state index contributed by atoms with van der Waals surface area (Å²) in [5, 5.41) is 9.27. The van der Waals surface area contributed by atoms with Crippen molar-refractivity contribution < 1.29 is 13.5 Å². The zero-order valence-electron chi connectivity index (χ0n) is 12.1. The Balaban J connectivity index is 2.23. The van der Waals surface area contributed by atoms with Crippen molar-refractivity contribution in [3.63, 3.8) is 0 Å². The summed E-state index contributed by atoms with van der Waals surface area (Å²) in [5.41, 5.74) is 8.04. The standard InChI is InChI=1S/C14H22N2O3S/c1-9-4-13(15)14(5-10(9)2)20(18,19)16(3)8-11-6-12(17)7-11/h4-5,11-12,17H,6-8,15H2,1-3H3. The molecule has 0 spiro atoms. The Labute approximate surface area is 120 Å². The van der Waals surface area contributed by atoms with Gasteiger partial charge in [-0.3, -0.25) is 0 Å². The predicted octanol–water partition coefficient (Wildman–Crippen LogP) is 1.28. The van der Waals surface area contributed by atoms with Crippen LogP contribution in [0.5, 0.6) is 0 Å². The van der Waals surface area contributed by atoms with Gasteiger partial charge in [-0.1, -0.05) is 0 Å². The lowest BCUT2D eigenvalue weighted by atomic mass is 9.82. The van der Waals surface area contributed by atoms with Crippen molar-refractivity contribution in [2.75, 3.05) is 19.3 Å². The van der Waals surface area contributed by atoms with Crippen LogP contribution in [0.15, 0.2) is 17.0 Å². The molecule has 0 aliphatic heterocycles. The Hall–Kier alpha value is -1.11. The molecule has 1 aromatic carbocycles. The first-order chi connectivity index (χ1) is 9.21. The normalized spacial score (nSPS) is 22.9. The van der Waals surface area contributed by atoms with Gasteiger partial charge in [0.1, 0.15) is 4.90 Å². The molecule has 0 aromatic heterocycles. The van der Waals surface area contributed by atoms with Crippen molar-refractivity contribution in [3.8, 4) is 0 Å². The number of anilines is 1. The second-order valence-corrected chi connectivity index (χ2v) is 7.76. The van der Waals surface area contributed by atoms with Crippen molar-refractivity contribution in [1.82, 2.24) is 4.31 Å². The minimum atomic E-state index is -3.57. The molecule has 0 atom stereocenters. The molecule has 1 fully saturated rings. The lowest BCUT2D eigenvalue weighted by molar-refractivity contribution is 0.0367. The van der Waals surface area contributed by atoms with Crippen LogP contribution in [-0.2, 0) is 10.0 Å². The smallest absolute Gasteiger partial charge is 0.244 e. The van der Waals surface area contributed by atoms with Gasteiger partial charge in [-0.25, -0.2) is 12.7 Å². The van der Waals surface area contributed by atoms with Crippen LogP contribution in [0.4, 0.5) is 5.69 Å². The van der Waals surface area contributed by atoms with Crippen molar-refractivity contribution in [2.24, 2.45) is 5.92 Å². The number of rotatable bonds is 4. The van der Waals surface area contributed by atoms with Crippen molar-refractivity contribution in [2.45, 2.75) is 37.7 Å². The fourth-order valence-corrected chi connectivity index (χ4v) is 3.94. The molecule has 0 heterocycles. The third-order valence-corrected chi connectivity index (χ3v) is 5.92. The summed E-state index contributed by atoms with van der Waals surface area (Å²) in [6.07, 6.45) is 1.06. The summed E-state index contributed by atoms with van der Waals surface area (Å²) in [7, 11) is -2.01. The quantitative estimate of drug-likeness (QED) is 0.820. The molecular formula is C14H22N2O3S. The molecule has 1 aliphatic carbocycles. The van der Waals surface area contributed by atoms with Gasteiger partial charge in [-0.15, -0.1) is 0 Å². The third-order valence-electron chi connectivity index (χ3n) is 4.04.